The Hall–Kier alpha value is -2.89. The van der Waals surface area contributed by atoms with Crippen LogP contribution in [0, 0.1) is 17.0 Å². The van der Waals surface area contributed by atoms with Crippen molar-refractivity contribution >= 4 is 17.3 Å². The maximum Gasteiger partial charge on any atom is 0.271 e. The first-order valence-electron chi connectivity index (χ1n) is 9.62. The van der Waals surface area contributed by atoms with Gasteiger partial charge in [0.1, 0.15) is 5.75 Å². The number of nitrogens with one attached hydrogen (secondary N) is 1. The van der Waals surface area contributed by atoms with Crippen LogP contribution >= 0.6 is 0 Å². The lowest BCUT2D eigenvalue weighted by molar-refractivity contribution is -0.384. The molecular formula is C23H30N2O4. The molecule has 0 aliphatic carbocycles. The lowest BCUT2D eigenvalue weighted by Gasteiger charge is -2.27. The van der Waals surface area contributed by atoms with Gasteiger partial charge in [-0.25, -0.2) is 0 Å². The van der Waals surface area contributed by atoms with Crippen molar-refractivity contribution in [2.45, 2.75) is 59.3 Å². The summed E-state index contributed by atoms with van der Waals surface area (Å²) in [5, 5.41) is 13.7. The van der Waals surface area contributed by atoms with E-state index in [1.807, 2.05) is 12.1 Å². The summed E-state index contributed by atoms with van der Waals surface area (Å²) >= 11 is 0. The second kappa shape index (κ2) is 8.23. The predicted octanol–water partition coefficient (Wildman–Crippen LogP) is 5.52. The SMILES string of the molecule is Cc1ccc([N+](=O)[O-])cc1NC(=O)COc1ccc(C(C)(C)C)cc1C(C)(C)C. The average Bonchev–Trinajstić information content (AvgIpc) is 2.60. The molecule has 6 heteroatoms. The summed E-state index contributed by atoms with van der Waals surface area (Å²) in [6.45, 7) is 14.4. The standard InChI is InChI=1S/C23H30N2O4/c1-15-8-10-17(25(27)28)13-19(15)24-21(26)14-29-20-11-9-16(22(2,3)4)12-18(20)23(5,6)7/h8-13H,14H2,1-7H3,(H,24,26). The van der Waals surface area contributed by atoms with Crippen molar-refractivity contribution in [3.05, 3.63) is 63.2 Å². The molecule has 6 nitrogen and oxygen atoms in total. The molecule has 0 aliphatic heterocycles. The van der Waals surface area contributed by atoms with E-state index in [9.17, 15) is 14.9 Å². The molecule has 2 aromatic rings. The molecule has 0 aromatic heterocycles. The number of ether oxygens (including phenoxy) is 1. The fourth-order valence-electron chi connectivity index (χ4n) is 2.90. The van der Waals surface area contributed by atoms with Crippen molar-refractivity contribution in [2.24, 2.45) is 0 Å². The second-order valence-corrected chi connectivity index (χ2v) is 9.30. The van der Waals surface area contributed by atoms with E-state index in [1.54, 1.807) is 13.0 Å². The molecule has 0 saturated heterocycles. The fourth-order valence-corrected chi connectivity index (χ4v) is 2.90. The molecule has 1 amide bonds. The number of carbonyl (C=O) groups excluding carboxylic acids is 1. The highest BCUT2D eigenvalue weighted by Crippen LogP contribution is 2.35. The number of nitro benzene ring substituents is 1. The number of nitrogens with zero attached hydrogens (tertiary/aromatic N) is 1. The third-order valence-electron chi connectivity index (χ3n) is 4.72. The Labute approximate surface area is 172 Å². The molecule has 0 bridgehead atoms. The number of anilines is 1. The number of benzene rings is 2. The molecule has 0 fully saturated rings. The summed E-state index contributed by atoms with van der Waals surface area (Å²) in [6.07, 6.45) is 0. The monoisotopic (exact) mass is 398 g/mol. The molecule has 1 N–H and O–H groups in total. The van der Waals surface area contributed by atoms with Gasteiger partial charge in [-0.3, -0.25) is 14.9 Å². The molecular weight excluding hydrogens is 368 g/mol. The Morgan fingerprint density at radius 2 is 1.69 bits per heavy atom. The van der Waals surface area contributed by atoms with Gasteiger partial charge in [0.2, 0.25) is 0 Å². The topological polar surface area (TPSA) is 81.5 Å². The minimum Gasteiger partial charge on any atom is -0.483 e. The van der Waals surface area contributed by atoms with Crippen molar-refractivity contribution in [1.82, 2.24) is 0 Å². The molecule has 2 rings (SSSR count). The maximum atomic E-state index is 12.4. The van der Waals surface area contributed by atoms with E-state index in [1.165, 1.54) is 17.7 Å². The third-order valence-corrected chi connectivity index (χ3v) is 4.72. The Kier molecular flexibility index (Phi) is 6.36. The molecule has 0 aliphatic rings. The van der Waals surface area contributed by atoms with Crippen LogP contribution in [0.4, 0.5) is 11.4 Å². The minimum absolute atomic E-state index is 0.00938. The highest BCUT2D eigenvalue weighted by Gasteiger charge is 2.23. The first kappa shape index (κ1) is 22.4. The quantitative estimate of drug-likeness (QED) is 0.531. The summed E-state index contributed by atoms with van der Waals surface area (Å²) in [5.74, 6) is 0.296. The van der Waals surface area contributed by atoms with Crippen LogP contribution in [-0.2, 0) is 15.6 Å². The lowest BCUT2D eigenvalue weighted by Crippen LogP contribution is -2.23. The van der Waals surface area contributed by atoms with Gasteiger partial charge in [-0.15, -0.1) is 0 Å². The fraction of sp³-hybridized carbons (Fsp3) is 0.435. The number of nitro groups is 1. The minimum atomic E-state index is -0.488. The first-order chi connectivity index (χ1) is 13.3. The third kappa shape index (κ3) is 5.79. The van der Waals surface area contributed by atoms with Gasteiger partial charge in [0, 0.05) is 12.1 Å². The number of hydrogen-bond acceptors (Lipinski definition) is 4. The van der Waals surface area contributed by atoms with Crippen LogP contribution in [0.25, 0.3) is 0 Å². The Morgan fingerprint density at radius 1 is 1.03 bits per heavy atom. The molecule has 29 heavy (non-hydrogen) atoms. The molecule has 156 valence electrons. The van der Waals surface area contributed by atoms with Crippen LogP contribution < -0.4 is 10.1 Å². The van der Waals surface area contributed by atoms with Gasteiger partial charge in [0.15, 0.2) is 6.61 Å². The van der Waals surface area contributed by atoms with Crippen LogP contribution in [0.15, 0.2) is 36.4 Å². The zero-order valence-electron chi connectivity index (χ0n) is 18.3. The summed E-state index contributed by atoms with van der Waals surface area (Å²) < 4.78 is 5.84. The predicted molar refractivity (Wildman–Crippen MR) is 116 cm³/mol. The highest BCUT2D eigenvalue weighted by atomic mass is 16.6. The Balaban J connectivity index is 2.18. The molecule has 0 radical (unpaired) electrons. The van der Waals surface area contributed by atoms with Crippen LogP contribution in [0.3, 0.4) is 0 Å². The van der Waals surface area contributed by atoms with Crippen LogP contribution in [0.5, 0.6) is 5.75 Å². The van der Waals surface area contributed by atoms with Crippen LogP contribution in [0.1, 0.15) is 58.2 Å². The van der Waals surface area contributed by atoms with Crippen molar-refractivity contribution in [3.8, 4) is 5.75 Å². The number of amides is 1. The van der Waals surface area contributed by atoms with Crippen molar-refractivity contribution in [3.63, 3.8) is 0 Å². The van der Waals surface area contributed by atoms with Crippen LogP contribution in [0.2, 0.25) is 0 Å². The van der Waals surface area contributed by atoms with E-state index in [4.69, 9.17) is 4.74 Å². The summed E-state index contributed by atoms with van der Waals surface area (Å²) in [5.41, 5.74) is 3.18. The first-order valence-corrected chi connectivity index (χ1v) is 9.62. The van der Waals surface area contributed by atoms with E-state index >= 15 is 0 Å². The molecule has 2 aromatic carbocycles. The van der Waals surface area contributed by atoms with Gasteiger partial charge in [-0.05, 0) is 40.5 Å². The van der Waals surface area contributed by atoms with Gasteiger partial charge in [-0.2, -0.15) is 0 Å². The zero-order chi connectivity index (χ0) is 22.0. The van der Waals surface area contributed by atoms with Crippen molar-refractivity contribution in [2.75, 3.05) is 11.9 Å². The molecule has 0 saturated carbocycles. The van der Waals surface area contributed by atoms with Gasteiger partial charge in [0.25, 0.3) is 11.6 Å². The normalized spacial score (nSPS) is 11.8. The number of hydrogen-bond donors (Lipinski definition) is 1. The van der Waals surface area contributed by atoms with Gasteiger partial charge in [-0.1, -0.05) is 59.7 Å². The van der Waals surface area contributed by atoms with Gasteiger partial charge >= 0.3 is 0 Å². The number of rotatable bonds is 5. The molecule has 0 spiro atoms. The maximum absolute atomic E-state index is 12.4. The molecule has 0 atom stereocenters. The highest BCUT2D eigenvalue weighted by molar-refractivity contribution is 5.93. The number of aryl methyl sites for hydroxylation is 1. The number of carbonyl (C=O) groups is 1. The van der Waals surface area contributed by atoms with E-state index < -0.39 is 4.92 Å². The van der Waals surface area contributed by atoms with E-state index in [-0.39, 0.29) is 29.0 Å². The van der Waals surface area contributed by atoms with Gasteiger partial charge < -0.3 is 10.1 Å². The average molecular weight is 399 g/mol. The van der Waals surface area contributed by atoms with E-state index in [0.717, 1.165) is 11.1 Å². The Bertz CT molecular complexity index is 921. The van der Waals surface area contributed by atoms with E-state index in [2.05, 4.69) is 52.9 Å². The van der Waals surface area contributed by atoms with Crippen LogP contribution in [-0.4, -0.2) is 17.4 Å². The van der Waals surface area contributed by atoms with Crippen molar-refractivity contribution in [1.29, 1.82) is 0 Å². The van der Waals surface area contributed by atoms with Crippen molar-refractivity contribution < 1.29 is 14.5 Å². The molecule has 0 heterocycles. The second-order valence-electron chi connectivity index (χ2n) is 9.30. The number of non-ortho nitro benzene ring substituents is 1. The zero-order valence-corrected chi connectivity index (χ0v) is 18.3. The smallest absolute Gasteiger partial charge is 0.271 e. The summed E-state index contributed by atoms with van der Waals surface area (Å²) in [4.78, 5) is 22.9. The summed E-state index contributed by atoms with van der Waals surface area (Å²) in [7, 11) is 0. The van der Waals surface area contributed by atoms with Gasteiger partial charge in [0.05, 0.1) is 10.6 Å². The summed E-state index contributed by atoms with van der Waals surface area (Å²) in [6, 6.07) is 10.4. The van der Waals surface area contributed by atoms with E-state index in [0.29, 0.717) is 11.4 Å². The Morgan fingerprint density at radius 3 is 2.24 bits per heavy atom. The lowest BCUT2D eigenvalue weighted by atomic mass is 9.80. The molecule has 0 unspecified atom stereocenters. The largest absolute Gasteiger partial charge is 0.483 e.